The Morgan fingerprint density at radius 2 is 1.97 bits per heavy atom. The second-order valence-electron chi connectivity index (χ2n) is 8.40. The molecule has 1 aliphatic heterocycles. The zero-order valence-corrected chi connectivity index (χ0v) is 21.6. The lowest BCUT2D eigenvalue weighted by Gasteiger charge is -2.24. The van der Waals surface area contributed by atoms with Crippen LogP contribution in [0.4, 0.5) is 27.0 Å². The lowest BCUT2D eigenvalue weighted by molar-refractivity contribution is -0.148. The monoisotopic (exact) mass is 576 g/mol. The smallest absolute Gasteiger partial charge is 0.422 e. The summed E-state index contributed by atoms with van der Waals surface area (Å²) in [6, 6.07) is 0.285. The summed E-state index contributed by atoms with van der Waals surface area (Å²) in [4.78, 5) is 30.7. The fourth-order valence-electron chi connectivity index (χ4n) is 3.71. The number of esters is 1. The minimum absolute atomic E-state index is 0.0720. The Hall–Kier alpha value is -3.14. The Morgan fingerprint density at radius 1 is 1.24 bits per heavy atom. The van der Waals surface area contributed by atoms with Crippen molar-refractivity contribution in [2.45, 2.75) is 38.9 Å². The molecule has 1 amide bonds. The Bertz CT molecular complexity index is 1440. The molecule has 0 fully saturated rings. The van der Waals surface area contributed by atoms with Gasteiger partial charge in [-0.05, 0) is 30.0 Å². The highest BCUT2D eigenvalue weighted by Gasteiger charge is 2.39. The Morgan fingerprint density at radius 3 is 2.66 bits per heavy atom. The van der Waals surface area contributed by atoms with Gasteiger partial charge in [0.25, 0.3) is 5.91 Å². The fourth-order valence-corrected chi connectivity index (χ4v) is 5.66. The number of nitrogens with zero attached hydrogens (tertiary/aromatic N) is 3. The van der Waals surface area contributed by atoms with Crippen molar-refractivity contribution < 1.29 is 41.0 Å². The van der Waals surface area contributed by atoms with E-state index in [0.717, 1.165) is 32.5 Å². The van der Waals surface area contributed by atoms with E-state index in [1.165, 1.54) is 23.6 Å². The number of amides is 1. The van der Waals surface area contributed by atoms with E-state index in [4.69, 9.17) is 15.2 Å². The molecule has 1 aliphatic rings. The zero-order valence-electron chi connectivity index (χ0n) is 20.0. The van der Waals surface area contributed by atoms with Crippen LogP contribution in [0.5, 0.6) is 0 Å². The van der Waals surface area contributed by atoms with Gasteiger partial charge in [0.1, 0.15) is 30.0 Å². The van der Waals surface area contributed by atoms with Crippen molar-refractivity contribution in [1.82, 2.24) is 4.57 Å². The molecule has 0 unspecified atom stereocenters. The molecule has 8 nitrogen and oxygen atoms in total. The lowest BCUT2D eigenvalue weighted by atomic mass is 10.1. The first kappa shape index (κ1) is 27.9. The van der Waals surface area contributed by atoms with E-state index in [-0.39, 0.29) is 16.9 Å². The number of carbonyl (C=O) groups excluding carboxylic acids is 2. The van der Waals surface area contributed by atoms with Crippen LogP contribution in [0.2, 0.25) is 0 Å². The van der Waals surface area contributed by atoms with Crippen LogP contribution in [0.15, 0.2) is 27.9 Å². The summed E-state index contributed by atoms with van der Waals surface area (Å²) in [6.45, 7) is 1.47. The van der Waals surface area contributed by atoms with Crippen molar-refractivity contribution in [2.24, 2.45) is 10.7 Å². The number of benzene rings is 1. The number of thiophene rings is 1. The molecule has 0 saturated carbocycles. The number of fused-ring (bicyclic) bond motifs is 1. The molecule has 0 saturated heterocycles. The second-order valence-corrected chi connectivity index (χ2v) is 10.1. The normalized spacial score (nSPS) is 14.9. The van der Waals surface area contributed by atoms with E-state index in [2.05, 4.69) is 4.99 Å². The molecule has 0 bridgehead atoms. The Kier molecular flexibility index (Phi) is 8.01. The third kappa shape index (κ3) is 5.65. The van der Waals surface area contributed by atoms with Gasteiger partial charge in [-0.2, -0.15) is 18.2 Å². The molecule has 1 atom stereocenters. The Balaban J connectivity index is 1.74. The molecule has 0 spiro atoms. The lowest BCUT2D eigenvalue weighted by Crippen LogP contribution is -2.31. The number of anilines is 1. The number of rotatable bonds is 6. The van der Waals surface area contributed by atoms with Crippen LogP contribution < -0.4 is 15.4 Å². The second kappa shape index (κ2) is 10.9. The Labute approximate surface area is 220 Å². The van der Waals surface area contributed by atoms with Gasteiger partial charge in [0.2, 0.25) is 0 Å². The largest absolute Gasteiger partial charge is 0.443 e. The minimum Gasteiger partial charge on any atom is -0.443 e. The third-order valence-electron chi connectivity index (χ3n) is 5.55. The molecule has 3 heterocycles. The molecule has 38 heavy (non-hydrogen) atoms. The molecule has 0 aliphatic carbocycles. The zero-order chi connectivity index (χ0) is 27.8. The van der Waals surface area contributed by atoms with Gasteiger partial charge in [0.05, 0.1) is 23.7 Å². The molecule has 4 rings (SSSR count). The number of aromatic nitrogens is 1. The number of carbonyl (C=O) groups is 2. The summed E-state index contributed by atoms with van der Waals surface area (Å²) < 4.78 is 80.3. The van der Waals surface area contributed by atoms with Crippen molar-refractivity contribution in [3.05, 3.63) is 56.0 Å². The number of hydrogen-bond donors (Lipinski definition) is 1. The van der Waals surface area contributed by atoms with Gasteiger partial charge >= 0.3 is 12.1 Å². The van der Waals surface area contributed by atoms with Crippen LogP contribution in [0.3, 0.4) is 0 Å². The molecule has 1 aromatic carbocycles. The first-order valence-corrected chi connectivity index (χ1v) is 12.8. The maximum atomic E-state index is 14.9. The molecule has 2 N–H and O–H groups in total. The standard InChI is InChI=1S/C23H21F5N4O4S2/c1-11(29)21(34)36-10-32-16(13-3-4-15(24)18(19(13)25)23(26,27)28)8-38-22(32)30-17(33)5-12-7-37-20-14(12)6-35-9-31(20)2/h3-4,7-8,11H,5-6,9-10,29H2,1-2H3/b30-22-/t11-/m0/s1. The summed E-state index contributed by atoms with van der Waals surface area (Å²) in [6.07, 6.45) is -5.40. The first-order valence-electron chi connectivity index (χ1n) is 11.0. The van der Waals surface area contributed by atoms with E-state index in [1.807, 2.05) is 17.3 Å². The highest BCUT2D eigenvalue weighted by atomic mass is 32.1. The SMILES string of the molecule is C[C@H](N)C(=O)OCn1c(-c2ccc(F)c(C(F)(F)F)c2F)cs/c1=N\C(=O)Cc1csc2c1COCN2C. The van der Waals surface area contributed by atoms with E-state index in [0.29, 0.717) is 25.0 Å². The van der Waals surface area contributed by atoms with E-state index in [9.17, 15) is 31.5 Å². The van der Waals surface area contributed by atoms with Gasteiger partial charge in [-0.3, -0.25) is 14.2 Å². The van der Waals surface area contributed by atoms with Crippen molar-refractivity contribution in [2.75, 3.05) is 18.7 Å². The van der Waals surface area contributed by atoms with Crippen LogP contribution in [0.25, 0.3) is 11.3 Å². The number of hydrogen-bond acceptors (Lipinski definition) is 8. The molecule has 204 valence electrons. The van der Waals surface area contributed by atoms with Crippen LogP contribution in [0, 0.1) is 11.6 Å². The van der Waals surface area contributed by atoms with Crippen molar-refractivity contribution in [3.8, 4) is 11.3 Å². The summed E-state index contributed by atoms with van der Waals surface area (Å²) in [7, 11) is 1.85. The van der Waals surface area contributed by atoms with Gasteiger partial charge in [-0.1, -0.05) is 0 Å². The average molecular weight is 577 g/mol. The van der Waals surface area contributed by atoms with Crippen molar-refractivity contribution in [1.29, 1.82) is 0 Å². The van der Waals surface area contributed by atoms with Gasteiger partial charge in [0, 0.05) is 23.6 Å². The van der Waals surface area contributed by atoms with Gasteiger partial charge in [-0.15, -0.1) is 22.7 Å². The number of alkyl halides is 3. The third-order valence-corrected chi connectivity index (χ3v) is 7.60. The van der Waals surface area contributed by atoms with Crippen LogP contribution >= 0.6 is 22.7 Å². The topological polar surface area (TPSA) is 99.2 Å². The molecular formula is C23H21F5N4O4S2. The van der Waals surface area contributed by atoms with Crippen molar-refractivity contribution >= 4 is 39.6 Å². The highest BCUT2D eigenvalue weighted by molar-refractivity contribution is 7.14. The maximum Gasteiger partial charge on any atom is 0.422 e. The summed E-state index contributed by atoms with van der Waals surface area (Å²) in [5, 5.41) is 4.01. The quantitative estimate of drug-likeness (QED) is 0.352. The van der Waals surface area contributed by atoms with Gasteiger partial charge < -0.3 is 20.1 Å². The number of thiazole rings is 1. The van der Waals surface area contributed by atoms with Crippen LogP contribution in [-0.2, 0) is 45.0 Å². The van der Waals surface area contributed by atoms with E-state index < -0.39 is 53.6 Å². The van der Waals surface area contributed by atoms with Crippen LogP contribution in [-0.4, -0.2) is 36.3 Å². The number of halogens is 5. The predicted molar refractivity (Wildman–Crippen MR) is 129 cm³/mol. The van der Waals surface area contributed by atoms with E-state index >= 15 is 0 Å². The molecule has 3 aromatic rings. The fraction of sp³-hybridized carbons (Fsp3) is 0.348. The average Bonchev–Trinajstić information content (AvgIpc) is 3.41. The summed E-state index contributed by atoms with van der Waals surface area (Å²) in [5.74, 6) is -5.08. The maximum absolute atomic E-state index is 14.9. The molecular weight excluding hydrogens is 555 g/mol. The van der Waals surface area contributed by atoms with Crippen LogP contribution in [0.1, 0.15) is 23.6 Å². The minimum atomic E-state index is -5.30. The van der Waals surface area contributed by atoms with Gasteiger partial charge in [-0.25, -0.2) is 8.78 Å². The number of ether oxygens (including phenoxy) is 2. The molecule has 2 aromatic heterocycles. The molecule has 0 radical (unpaired) electrons. The number of nitrogens with two attached hydrogens (primary N) is 1. The summed E-state index contributed by atoms with van der Waals surface area (Å²) in [5.41, 5.74) is 4.17. The van der Waals surface area contributed by atoms with Gasteiger partial charge in [0.15, 0.2) is 11.5 Å². The van der Waals surface area contributed by atoms with E-state index in [1.54, 1.807) is 0 Å². The van der Waals surface area contributed by atoms with Crippen molar-refractivity contribution in [3.63, 3.8) is 0 Å². The predicted octanol–water partition coefficient (Wildman–Crippen LogP) is 4.02. The summed E-state index contributed by atoms with van der Waals surface area (Å²) >= 11 is 2.26. The highest BCUT2D eigenvalue weighted by Crippen LogP contribution is 2.38. The molecule has 15 heteroatoms. The first-order chi connectivity index (χ1) is 17.9.